The second kappa shape index (κ2) is 8.10. The minimum Gasteiger partial charge on any atom is -0.331 e. The van der Waals surface area contributed by atoms with Gasteiger partial charge in [-0.3, -0.25) is 0 Å². The van der Waals surface area contributed by atoms with Crippen molar-refractivity contribution in [2.45, 2.75) is 19.9 Å². The van der Waals surface area contributed by atoms with Crippen LogP contribution in [-0.4, -0.2) is 16.0 Å². The highest BCUT2D eigenvalue weighted by atomic mass is 79.9. The van der Waals surface area contributed by atoms with Crippen LogP contribution in [-0.2, 0) is 0 Å². The lowest BCUT2D eigenvalue weighted by atomic mass is 10.1. The molecule has 0 fully saturated rings. The van der Waals surface area contributed by atoms with Gasteiger partial charge in [-0.1, -0.05) is 34.1 Å². The maximum Gasteiger partial charge on any atom is 0.319 e. The molecule has 0 aliphatic heterocycles. The first-order valence-corrected chi connectivity index (χ1v) is 9.04. The molecule has 2 amide bonds. The van der Waals surface area contributed by atoms with E-state index in [9.17, 15) is 4.79 Å². The number of aromatic nitrogens is 2. The molecule has 5 nitrogen and oxygen atoms in total. The Kier molecular flexibility index (Phi) is 5.63. The number of urea groups is 1. The summed E-state index contributed by atoms with van der Waals surface area (Å²) in [6.45, 7) is 3.87. The number of hydrogen-bond donors (Lipinski definition) is 2. The lowest BCUT2D eigenvalue weighted by Gasteiger charge is -2.16. The van der Waals surface area contributed by atoms with Crippen molar-refractivity contribution in [3.8, 4) is 11.4 Å². The van der Waals surface area contributed by atoms with Crippen LogP contribution in [0.25, 0.3) is 11.4 Å². The number of anilines is 1. The summed E-state index contributed by atoms with van der Waals surface area (Å²) in [5.74, 6) is 0.670. The number of benzene rings is 2. The van der Waals surface area contributed by atoms with Crippen molar-refractivity contribution in [1.82, 2.24) is 15.3 Å². The molecule has 0 spiro atoms. The number of nitrogens with one attached hydrogen (secondary N) is 2. The molecule has 0 aliphatic rings. The van der Waals surface area contributed by atoms with Gasteiger partial charge in [-0.05, 0) is 55.8 Å². The monoisotopic (exact) mass is 410 g/mol. The summed E-state index contributed by atoms with van der Waals surface area (Å²) < 4.78 is 0.968. The Balaban J connectivity index is 1.64. The minimum atomic E-state index is -0.257. The highest BCUT2D eigenvalue weighted by molar-refractivity contribution is 9.10. The average Bonchev–Trinajstić information content (AvgIpc) is 2.62. The Morgan fingerprint density at radius 3 is 2.50 bits per heavy atom. The number of amides is 2. The van der Waals surface area contributed by atoms with Crippen LogP contribution in [0.4, 0.5) is 10.5 Å². The van der Waals surface area contributed by atoms with E-state index in [1.165, 1.54) is 0 Å². The molecule has 1 aromatic heterocycles. The fourth-order valence-electron chi connectivity index (χ4n) is 2.56. The lowest BCUT2D eigenvalue weighted by Crippen LogP contribution is -2.31. The van der Waals surface area contributed by atoms with E-state index in [1.807, 2.05) is 68.4 Å². The molecule has 0 saturated heterocycles. The number of aryl methyl sites for hydroxylation is 1. The van der Waals surface area contributed by atoms with E-state index in [-0.39, 0.29) is 12.1 Å². The number of rotatable bonds is 4. The number of carbonyl (C=O) groups is 1. The fraction of sp³-hybridized carbons (Fsp3) is 0.150. The van der Waals surface area contributed by atoms with Gasteiger partial charge in [0.2, 0.25) is 0 Å². The fourth-order valence-corrected chi connectivity index (χ4v) is 3.19. The predicted octanol–water partition coefficient (Wildman–Crippen LogP) is 5.10. The summed E-state index contributed by atoms with van der Waals surface area (Å²) in [6.07, 6.45) is 1.74. The molecule has 6 heteroatoms. The van der Waals surface area contributed by atoms with Gasteiger partial charge in [0.25, 0.3) is 0 Å². The molecule has 3 rings (SSSR count). The summed E-state index contributed by atoms with van der Waals surface area (Å²) in [5.41, 5.74) is 3.55. The van der Waals surface area contributed by atoms with Crippen LogP contribution in [0, 0.1) is 6.92 Å². The lowest BCUT2D eigenvalue weighted by molar-refractivity contribution is 0.249. The van der Waals surface area contributed by atoms with E-state index in [0.717, 1.165) is 21.3 Å². The van der Waals surface area contributed by atoms with Crippen molar-refractivity contribution < 1.29 is 4.79 Å². The quantitative estimate of drug-likeness (QED) is 0.628. The second-order valence-electron chi connectivity index (χ2n) is 5.94. The van der Waals surface area contributed by atoms with Crippen molar-refractivity contribution in [2.75, 3.05) is 5.32 Å². The Bertz CT molecular complexity index is 912. The van der Waals surface area contributed by atoms with Crippen molar-refractivity contribution in [3.05, 3.63) is 76.5 Å². The second-order valence-corrected chi connectivity index (χ2v) is 6.79. The zero-order valence-electron chi connectivity index (χ0n) is 14.5. The number of nitrogens with zero attached hydrogens (tertiary/aromatic N) is 2. The topological polar surface area (TPSA) is 66.9 Å². The molecule has 1 unspecified atom stereocenters. The first kappa shape index (κ1) is 18.1. The third-order valence-corrected chi connectivity index (χ3v) is 4.64. The molecule has 0 saturated carbocycles. The molecular formula is C20H19BrN4O. The first-order chi connectivity index (χ1) is 12.5. The predicted molar refractivity (Wildman–Crippen MR) is 107 cm³/mol. The molecule has 0 aliphatic carbocycles. The molecule has 2 N–H and O–H groups in total. The summed E-state index contributed by atoms with van der Waals surface area (Å²) in [6, 6.07) is 16.8. The van der Waals surface area contributed by atoms with E-state index >= 15 is 0 Å². The molecule has 26 heavy (non-hydrogen) atoms. The molecule has 3 aromatic rings. The minimum absolute atomic E-state index is 0.120. The van der Waals surface area contributed by atoms with Gasteiger partial charge >= 0.3 is 6.03 Å². The normalized spacial score (nSPS) is 11.7. The number of carbonyl (C=O) groups excluding carboxylic acids is 1. The van der Waals surface area contributed by atoms with Gasteiger partial charge in [-0.25, -0.2) is 14.8 Å². The van der Waals surface area contributed by atoms with Crippen molar-refractivity contribution in [2.24, 2.45) is 0 Å². The third kappa shape index (κ3) is 4.46. The van der Waals surface area contributed by atoms with Gasteiger partial charge in [0.15, 0.2) is 5.82 Å². The highest BCUT2D eigenvalue weighted by Crippen LogP contribution is 2.23. The molecule has 1 atom stereocenters. The van der Waals surface area contributed by atoms with E-state index in [0.29, 0.717) is 11.5 Å². The summed E-state index contributed by atoms with van der Waals surface area (Å²) in [5, 5.41) is 5.78. The first-order valence-electron chi connectivity index (χ1n) is 8.25. The summed E-state index contributed by atoms with van der Waals surface area (Å²) in [4.78, 5) is 20.9. The Morgan fingerprint density at radius 2 is 1.81 bits per heavy atom. The Labute approximate surface area is 161 Å². The van der Waals surface area contributed by atoms with E-state index < -0.39 is 0 Å². The summed E-state index contributed by atoms with van der Waals surface area (Å²) >= 11 is 3.51. The van der Waals surface area contributed by atoms with E-state index in [4.69, 9.17) is 0 Å². The molecule has 0 radical (unpaired) electrons. The SMILES string of the molecule is Cc1ccnc(-c2ccc(NC(=O)NC(C)c3ccccc3Br)cc2)n1. The van der Waals surface area contributed by atoms with Crippen LogP contribution in [0.2, 0.25) is 0 Å². The Hall–Kier alpha value is -2.73. The van der Waals surface area contributed by atoms with Crippen LogP contribution in [0.15, 0.2) is 65.3 Å². The largest absolute Gasteiger partial charge is 0.331 e. The van der Waals surface area contributed by atoms with Crippen LogP contribution < -0.4 is 10.6 Å². The molecule has 1 heterocycles. The van der Waals surface area contributed by atoms with Crippen LogP contribution in [0.3, 0.4) is 0 Å². The smallest absolute Gasteiger partial charge is 0.319 e. The van der Waals surface area contributed by atoms with Gasteiger partial charge in [0, 0.05) is 27.6 Å². The van der Waals surface area contributed by atoms with Crippen molar-refractivity contribution in [1.29, 1.82) is 0 Å². The maximum absolute atomic E-state index is 12.2. The molecule has 0 bridgehead atoms. The highest BCUT2D eigenvalue weighted by Gasteiger charge is 2.12. The number of hydrogen-bond acceptors (Lipinski definition) is 3. The molecular weight excluding hydrogens is 392 g/mol. The van der Waals surface area contributed by atoms with Crippen LogP contribution >= 0.6 is 15.9 Å². The van der Waals surface area contributed by atoms with Crippen molar-refractivity contribution in [3.63, 3.8) is 0 Å². The van der Waals surface area contributed by atoms with E-state index in [1.54, 1.807) is 6.20 Å². The third-order valence-electron chi connectivity index (χ3n) is 3.92. The van der Waals surface area contributed by atoms with Gasteiger partial charge in [-0.15, -0.1) is 0 Å². The van der Waals surface area contributed by atoms with Crippen LogP contribution in [0.5, 0.6) is 0 Å². The standard InChI is InChI=1S/C20H19BrN4O/c1-13-11-12-22-19(23-13)15-7-9-16(10-8-15)25-20(26)24-14(2)17-5-3-4-6-18(17)21/h3-12,14H,1-2H3,(H2,24,25,26). The van der Waals surface area contributed by atoms with Gasteiger partial charge < -0.3 is 10.6 Å². The van der Waals surface area contributed by atoms with Crippen LogP contribution in [0.1, 0.15) is 24.2 Å². The van der Waals surface area contributed by atoms with Gasteiger partial charge in [0.1, 0.15) is 0 Å². The van der Waals surface area contributed by atoms with E-state index in [2.05, 4.69) is 36.5 Å². The van der Waals surface area contributed by atoms with Gasteiger partial charge in [0.05, 0.1) is 6.04 Å². The molecule has 2 aromatic carbocycles. The van der Waals surface area contributed by atoms with Crippen molar-refractivity contribution >= 4 is 27.6 Å². The van der Waals surface area contributed by atoms with Gasteiger partial charge in [-0.2, -0.15) is 0 Å². The average molecular weight is 411 g/mol. The number of halogens is 1. The maximum atomic E-state index is 12.2. The zero-order valence-corrected chi connectivity index (χ0v) is 16.1. The molecule has 132 valence electrons. The zero-order chi connectivity index (χ0) is 18.5. The Morgan fingerprint density at radius 1 is 1.08 bits per heavy atom. The summed E-state index contributed by atoms with van der Waals surface area (Å²) in [7, 11) is 0.